The quantitative estimate of drug-likeness (QED) is 0.578. The van der Waals surface area contributed by atoms with E-state index in [-0.39, 0.29) is 0 Å². The van der Waals surface area contributed by atoms with Crippen molar-refractivity contribution >= 4 is 5.71 Å². The Labute approximate surface area is 97.9 Å². The van der Waals surface area contributed by atoms with Crippen LogP contribution in [0.4, 0.5) is 0 Å². The lowest BCUT2D eigenvalue weighted by molar-refractivity contribution is -0.0432. The van der Waals surface area contributed by atoms with Crippen LogP contribution in [0.2, 0.25) is 0 Å². The molecule has 0 bridgehead atoms. The van der Waals surface area contributed by atoms with Crippen molar-refractivity contribution in [2.45, 2.75) is 70.5 Å². The first-order valence-electron chi connectivity index (χ1n) is 6.63. The van der Waals surface area contributed by atoms with Crippen LogP contribution < -0.4 is 0 Å². The minimum Gasteiger partial charge on any atom is -0.411 e. The Hall–Kier alpha value is -0.570. The molecule has 0 amide bonds. The predicted molar refractivity (Wildman–Crippen MR) is 64.0 cm³/mol. The van der Waals surface area contributed by atoms with E-state index in [1.165, 1.54) is 25.7 Å². The van der Waals surface area contributed by atoms with Gasteiger partial charge in [0.25, 0.3) is 0 Å². The largest absolute Gasteiger partial charge is 0.411 e. The van der Waals surface area contributed by atoms with Gasteiger partial charge in [-0.05, 0) is 57.3 Å². The van der Waals surface area contributed by atoms with Gasteiger partial charge in [0.2, 0.25) is 0 Å². The highest BCUT2D eigenvalue weighted by Crippen LogP contribution is 2.29. The molecule has 2 saturated carbocycles. The molecule has 0 aromatic carbocycles. The fourth-order valence-electron chi connectivity index (χ4n) is 2.80. The van der Waals surface area contributed by atoms with Gasteiger partial charge in [-0.3, -0.25) is 0 Å². The summed E-state index contributed by atoms with van der Waals surface area (Å²) >= 11 is 0. The number of ether oxygens (including phenoxy) is 1. The van der Waals surface area contributed by atoms with E-state index in [1.54, 1.807) is 0 Å². The van der Waals surface area contributed by atoms with Crippen LogP contribution in [0, 0.1) is 5.92 Å². The Morgan fingerprint density at radius 3 is 2.12 bits per heavy atom. The van der Waals surface area contributed by atoms with Gasteiger partial charge in [0.05, 0.1) is 17.9 Å². The number of nitrogens with zero attached hydrogens (tertiary/aromatic N) is 1. The molecule has 2 aliphatic rings. The molecule has 0 aromatic heterocycles. The first-order chi connectivity index (χ1) is 7.78. The molecule has 1 N–H and O–H groups in total. The average molecular weight is 225 g/mol. The average Bonchev–Trinajstić information content (AvgIpc) is 2.33. The van der Waals surface area contributed by atoms with Crippen molar-refractivity contribution in [2.75, 3.05) is 0 Å². The summed E-state index contributed by atoms with van der Waals surface area (Å²) in [6.45, 7) is 2.33. The fraction of sp³-hybridized carbons (Fsp3) is 0.923. The lowest BCUT2D eigenvalue weighted by Gasteiger charge is -2.31. The summed E-state index contributed by atoms with van der Waals surface area (Å²) in [5.74, 6) is 0.888. The van der Waals surface area contributed by atoms with E-state index in [4.69, 9.17) is 9.94 Å². The van der Waals surface area contributed by atoms with E-state index < -0.39 is 0 Å². The van der Waals surface area contributed by atoms with Crippen LogP contribution in [0.1, 0.15) is 58.3 Å². The second-order valence-corrected chi connectivity index (χ2v) is 5.38. The van der Waals surface area contributed by atoms with E-state index >= 15 is 0 Å². The summed E-state index contributed by atoms with van der Waals surface area (Å²) in [7, 11) is 0. The Balaban J connectivity index is 1.70. The first-order valence-corrected chi connectivity index (χ1v) is 6.63. The highest BCUT2D eigenvalue weighted by atomic mass is 16.5. The van der Waals surface area contributed by atoms with Gasteiger partial charge < -0.3 is 9.94 Å². The molecule has 3 nitrogen and oxygen atoms in total. The van der Waals surface area contributed by atoms with Gasteiger partial charge in [0, 0.05) is 0 Å². The monoisotopic (exact) mass is 225 g/mol. The van der Waals surface area contributed by atoms with Crippen LogP contribution in [0.3, 0.4) is 0 Å². The second kappa shape index (κ2) is 5.67. The van der Waals surface area contributed by atoms with E-state index in [0.29, 0.717) is 12.2 Å². The zero-order chi connectivity index (χ0) is 11.4. The molecule has 2 fully saturated rings. The Morgan fingerprint density at radius 1 is 1.00 bits per heavy atom. The van der Waals surface area contributed by atoms with Crippen LogP contribution in [-0.2, 0) is 4.74 Å². The maximum Gasteiger partial charge on any atom is 0.0586 e. The third-order valence-electron chi connectivity index (χ3n) is 4.00. The summed E-state index contributed by atoms with van der Waals surface area (Å²) in [4.78, 5) is 0. The Morgan fingerprint density at radius 2 is 1.56 bits per heavy atom. The molecule has 16 heavy (non-hydrogen) atoms. The molecular formula is C13H23NO2. The van der Waals surface area contributed by atoms with Crippen molar-refractivity contribution < 1.29 is 9.94 Å². The number of hydrogen-bond donors (Lipinski definition) is 1. The predicted octanol–water partition coefficient (Wildman–Crippen LogP) is 3.35. The van der Waals surface area contributed by atoms with Crippen LogP contribution in [0.5, 0.6) is 0 Å². The SMILES string of the molecule is CC1CCC(OC2CCC(=NO)CC2)CC1. The molecule has 0 saturated heterocycles. The van der Waals surface area contributed by atoms with Gasteiger partial charge in [-0.15, -0.1) is 0 Å². The van der Waals surface area contributed by atoms with E-state index in [2.05, 4.69) is 12.1 Å². The summed E-state index contributed by atoms with van der Waals surface area (Å²) in [6, 6.07) is 0. The zero-order valence-electron chi connectivity index (χ0n) is 10.2. The van der Waals surface area contributed by atoms with Gasteiger partial charge in [-0.2, -0.15) is 0 Å². The smallest absolute Gasteiger partial charge is 0.0586 e. The normalized spacial score (nSPS) is 36.1. The molecule has 0 aromatic rings. The number of hydrogen-bond acceptors (Lipinski definition) is 3. The lowest BCUT2D eigenvalue weighted by atomic mass is 9.88. The highest BCUT2D eigenvalue weighted by molar-refractivity contribution is 5.84. The maximum atomic E-state index is 8.68. The molecule has 0 heterocycles. The summed E-state index contributed by atoms with van der Waals surface area (Å²) < 4.78 is 6.14. The van der Waals surface area contributed by atoms with Crippen molar-refractivity contribution in [1.82, 2.24) is 0 Å². The van der Waals surface area contributed by atoms with E-state index in [1.807, 2.05) is 0 Å². The first kappa shape index (κ1) is 11.9. The molecule has 0 unspecified atom stereocenters. The van der Waals surface area contributed by atoms with Crippen molar-refractivity contribution in [3.63, 3.8) is 0 Å². The second-order valence-electron chi connectivity index (χ2n) is 5.38. The van der Waals surface area contributed by atoms with Crippen LogP contribution in [-0.4, -0.2) is 23.1 Å². The van der Waals surface area contributed by atoms with Crippen LogP contribution in [0.25, 0.3) is 0 Å². The maximum absolute atomic E-state index is 8.68. The molecule has 3 heteroatoms. The van der Waals surface area contributed by atoms with Crippen LogP contribution in [0.15, 0.2) is 5.16 Å². The minimum absolute atomic E-state index is 0.406. The van der Waals surface area contributed by atoms with Gasteiger partial charge in [0.1, 0.15) is 0 Å². The third kappa shape index (κ3) is 3.21. The van der Waals surface area contributed by atoms with Crippen LogP contribution >= 0.6 is 0 Å². The molecule has 0 aliphatic heterocycles. The van der Waals surface area contributed by atoms with Gasteiger partial charge >= 0.3 is 0 Å². The van der Waals surface area contributed by atoms with Crippen molar-refractivity contribution in [3.8, 4) is 0 Å². The molecule has 2 aliphatic carbocycles. The van der Waals surface area contributed by atoms with Gasteiger partial charge in [0.15, 0.2) is 0 Å². The number of oxime groups is 1. The fourth-order valence-corrected chi connectivity index (χ4v) is 2.80. The zero-order valence-corrected chi connectivity index (χ0v) is 10.2. The van der Waals surface area contributed by atoms with Gasteiger partial charge in [-0.25, -0.2) is 0 Å². The Kier molecular flexibility index (Phi) is 4.22. The summed E-state index contributed by atoms with van der Waals surface area (Å²) in [5, 5.41) is 12.0. The summed E-state index contributed by atoms with van der Waals surface area (Å²) in [6.07, 6.45) is 9.89. The third-order valence-corrected chi connectivity index (χ3v) is 4.00. The highest BCUT2D eigenvalue weighted by Gasteiger charge is 2.24. The summed E-state index contributed by atoms with van der Waals surface area (Å²) in [5.41, 5.74) is 0.942. The standard InChI is InChI=1S/C13H23NO2/c1-10-2-6-12(7-3-10)16-13-8-4-11(14-15)5-9-13/h10,12-13,15H,2-9H2,1H3. The molecule has 0 spiro atoms. The van der Waals surface area contributed by atoms with Gasteiger partial charge in [-0.1, -0.05) is 12.1 Å². The van der Waals surface area contributed by atoms with Crippen molar-refractivity contribution in [1.29, 1.82) is 0 Å². The Bertz CT molecular complexity index is 234. The molecular weight excluding hydrogens is 202 g/mol. The number of rotatable bonds is 2. The minimum atomic E-state index is 0.406. The lowest BCUT2D eigenvalue weighted by Crippen LogP contribution is -2.29. The molecule has 0 radical (unpaired) electrons. The van der Waals surface area contributed by atoms with E-state index in [0.717, 1.165) is 37.3 Å². The topological polar surface area (TPSA) is 41.8 Å². The van der Waals surface area contributed by atoms with Crippen molar-refractivity contribution in [2.24, 2.45) is 11.1 Å². The molecule has 0 atom stereocenters. The van der Waals surface area contributed by atoms with Crippen molar-refractivity contribution in [3.05, 3.63) is 0 Å². The molecule has 92 valence electrons. The van der Waals surface area contributed by atoms with E-state index in [9.17, 15) is 0 Å². The molecule has 2 rings (SSSR count).